The summed E-state index contributed by atoms with van der Waals surface area (Å²) in [6.07, 6.45) is 2.79. The zero-order valence-electron chi connectivity index (χ0n) is 17.3. The molecule has 0 aliphatic heterocycles. The average Bonchev–Trinajstić information content (AvgIpc) is 2.77. The molecule has 0 saturated heterocycles. The van der Waals surface area contributed by atoms with E-state index < -0.39 is 6.10 Å². The molecule has 1 N–H and O–H groups in total. The van der Waals surface area contributed by atoms with Crippen molar-refractivity contribution in [3.05, 3.63) is 89.7 Å². The van der Waals surface area contributed by atoms with E-state index in [1.165, 1.54) is 0 Å². The summed E-state index contributed by atoms with van der Waals surface area (Å²) in [5, 5.41) is 6.93. The zero-order valence-corrected chi connectivity index (χ0v) is 17.3. The number of nitrogens with zero attached hydrogens (tertiary/aromatic N) is 2. The highest BCUT2D eigenvalue weighted by atomic mass is 16.6. The molecule has 30 heavy (non-hydrogen) atoms. The van der Waals surface area contributed by atoms with Crippen molar-refractivity contribution < 1.29 is 14.4 Å². The number of carbonyl (C=O) groups excluding carboxylic acids is 1. The summed E-state index contributed by atoms with van der Waals surface area (Å²) in [4.78, 5) is 21.7. The van der Waals surface area contributed by atoms with Crippen LogP contribution in [0.5, 0.6) is 5.75 Å². The second-order valence-corrected chi connectivity index (χ2v) is 6.96. The van der Waals surface area contributed by atoms with Gasteiger partial charge in [0.05, 0.1) is 5.71 Å². The Kier molecular flexibility index (Phi) is 7.16. The van der Waals surface area contributed by atoms with Gasteiger partial charge in [0.2, 0.25) is 6.10 Å². The van der Waals surface area contributed by atoms with Gasteiger partial charge in [-0.15, -0.1) is 0 Å². The van der Waals surface area contributed by atoms with Gasteiger partial charge in [0.25, 0.3) is 5.91 Å². The van der Waals surface area contributed by atoms with Gasteiger partial charge in [0.15, 0.2) is 0 Å². The van der Waals surface area contributed by atoms with Crippen molar-refractivity contribution in [1.82, 2.24) is 4.98 Å². The summed E-state index contributed by atoms with van der Waals surface area (Å²) in [5.41, 5.74) is 4.37. The minimum absolute atomic E-state index is 0.253. The van der Waals surface area contributed by atoms with E-state index in [1.807, 2.05) is 74.5 Å². The molecule has 1 unspecified atom stereocenters. The molecule has 1 atom stereocenters. The van der Waals surface area contributed by atoms with E-state index in [1.54, 1.807) is 19.3 Å². The van der Waals surface area contributed by atoms with E-state index in [4.69, 9.17) is 9.57 Å². The molecular formula is C24H25N3O3. The van der Waals surface area contributed by atoms with E-state index in [0.717, 1.165) is 28.1 Å². The van der Waals surface area contributed by atoms with Gasteiger partial charge in [-0.1, -0.05) is 23.4 Å². The van der Waals surface area contributed by atoms with E-state index >= 15 is 0 Å². The second-order valence-electron chi connectivity index (χ2n) is 6.96. The summed E-state index contributed by atoms with van der Waals surface area (Å²) >= 11 is 0. The standard InChI is InChI=1S/C24H25N3O3/c1-17-6-4-8-22(14-17)26-24(28)19(3)30-27-18(2)21-9-11-23(12-10-21)29-16-20-7-5-13-25-15-20/h4-15,19H,16H2,1-3H3,(H,26,28). The lowest BCUT2D eigenvalue weighted by atomic mass is 10.1. The summed E-state index contributed by atoms with van der Waals surface area (Å²) in [7, 11) is 0. The van der Waals surface area contributed by atoms with Crippen LogP contribution in [0.3, 0.4) is 0 Å². The van der Waals surface area contributed by atoms with Gasteiger partial charge in [0, 0.05) is 23.6 Å². The first-order valence-electron chi connectivity index (χ1n) is 9.71. The van der Waals surface area contributed by atoms with Crippen molar-refractivity contribution >= 4 is 17.3 Å². The van der Waals surface area contributed by atoms with Gasteiger partial charge in [-0.2, -0.15) is 0 Å². The van der Waals surface area contributed by atoms with Crippen LogP contribution in [0.4, 0.5) is 5.69 Å². The fourth-order valence-corrected chi connectivity index (χ4v) is 2.67. The van der Waals surface area contributed by atoms with Crippen molar-refractivity contribution in [2.24, 2.45) is 5.16 Å². The molecular weight excluding hydrogens is 378 g/mol. The summed E-state index contributed by atoms with van der Waals surface area (Å²) < 4.78 is 5.76. The summed E-state index contributed by atoms with van der Waals surface area (Å²) in [5.74, 6) is 0.499. The maximum Gasteiger partial charge on any atom is 0.267 e. The molecule has 0 bridgehead atoms. The Labute approximate surface area is 176 Å². The lowest BCUT2D eigenvalue weighted by Crippen LogP contribution is -2.26. The highest BCUT2D eigenvalue weighted by Crippen LogP contribution is 2.15. The maximum absolute atomic E-state index is 12.3. The molecule has 3 aromatic rings. The Bertz CT molecular complexity index is 1000. The number of nitrogens with one attached hydrogen (secondary N) is 1. The molecule has 0 radical (unpaired) electrons. The molecule has 6 nitrogen and oxygen atoms in total. The first-order chi connectivity index (χ1) is 14.5. The number of rotatable bonds is 8. The molecule has 0 spiro atoms. The quantitative estimate of drug-likeness (QED) is 0.436. The number of ether oxygens (including phenoxy) is 1. The van der Waals surface area contributed by atoms with E-state index in [9.17, 15) is 4.79 Å². The Morgan fingerprint density at radius 1 is 1.13 bits per heavy atom. The Morgan fingerprint density at radius 2 is 1.93 bits per heavy atom. The molecule has 0 aliphatic rings. The molecule has 3 rings (SSSR count). The number of hydrogen-bond acceptors (Lipinski definition) is 5. The number of benzene rings is 2. The third kappa shape index (κ3) is 6.17. The first kappa shape index (κ1) is 21.0. The van der Waals surface area contributed by atoms with Crippen LogP contribution in [-0.2, 0) is 16.2 Å². The molecule has 1 amide bonds. The number of pyridine rings is 1. The summed E-state index contributed by atoms with van der Waals surface area (Å²) in [6, 6.07) is 19.0. The van der Waals surface area contributed by atoms with Crippen molar-refractivity contribution in [2.75, 3.05) is 5.32 Å². The zero-order chi connectivity index (χ0) is 21.3. The maximum atomic E-state index is 12.3. The second kappa shape index (κ2) is 10.2. The normalized spacial score (nSPS) is 12.2. The Morgan fingerprint density at radius 3 is 2.63 bits per heavy atom. The monoisotopic (exact) mass is 403 g/mol. The number of anilines is 1. The minimum atomic E-state index is -0.720. The predicted molar refractivity (Wildman–Crippen MR) is 118 cm³/mol. The van der Waals surface area contributed by atoms with E-state index in [-0.39, 0.29) is 5.91 Å². The lowest BCUT2D eigenvalue weighted by Gasteiger charge is -2.12. The minimum Gasteiger partial charge on any atom is -0.489 e. The van der Waals surface area contributed by atoms with Crippen molar-refractivity contribution in [2.45, 2.75) is 33.5 Å². The van der Waals surface area contributed by atoms with Gasteiger partial charge in [-0.25, -0.2) is 0 Å². The SMILES string of the molecule is CC(=NOC(C)C(=O)Nc1cccc(C)c1)c1ccc(OCc2cccnc2)cc1. The number of aryl methyl sites for hydroxylation is 1. The third-order valence-electron chi connectivity index (χ3n) is 4.40. The van der Waals surface area contributed by atoms with E-state index in [0.29, 0.717) is 12.3 Å². The van der Waals surface area contributed by atoms with Crippen LogP contribution in [0.25, 0.3) is 0 Å². The molecule has 154 valence electrons. The molecule has 6 heteroatoms. The van der Waals surface area contributed by atoms with Crippen molar-refractivity contribution in [3.63, 3.8) is 0 Å². The van der Waals surface area contributed by atoms with Gasteiger partial charge in [0.1, 0.15) is 12.4 Å². The van der Waals surface area contributed by atoms with Gasteiger partial charge < -0.3 is 14.9 Å². The van der Waals surface area contributed by atoms with Crippen molar-refractivity contribution in [1.29, 1.82) is 0 Å². The highest BCUT2D eigenvalue weighted by Gasteiger charge is 2.14. The number of carbonyl (C=O) groups is 1. The Balaban J connectivity index is 1.52. The topological polar surface area (TPSA) is 72.8 Å². The van der Waals surface area contributed by atoms with Crippen LogP contribution >= 0.6 is 0 Å². The van der Waals surface area contributed by atoms with Gasteiger partial charge >= 0.3 is 0 Å². The van der Waals surface area contributed by atoms with Crippen LogP contribution in [0.1, 0.15) is 30.5 Å². The molecule has 0 aliphatic carbocycles. The van der Waals surface area contributed by atoms with Crippen LogP contribution in [-0.4, -0.2) is 22.7 Å². The number of amides is 1. The highest BCUT2D eigenvalue weighted by molar-refractivity contribution is 5.98. The third-order valence-corrected chi connectivity index (χ3v) is 4.40. The Hall–Kier alpha value is -3.67. The summed E-state index contributed by atoms with van der Waals surface area (Å²) in [6.45, 7) is 5.92. The first-order valence-corrected chi connectivity index (χ1v) is 9.71. The van der Waals surface area contributed by atoms with Crippen LogP contribution in [0, 0.1) is 6.92 Å². The van der Waals surface area contributed by atoms with Crippen LogP contribution in [0.15, 0.2) is 78.2 Å². The predicted octanol–water partition coefficient (Wildman–Crippen LogP) is 4.74. The molecule has 2 aromatic carbocycles. The largest absolute Gasteiger partial charge is 0.489 e. The van der Waals surface area contributed by atoms with E-state index in [2.05, 4.69) is 15.5 Å². The van der Waals surface area contributed by atoms with Crippen LogP contribution in [0.2, 0.25) is 0 Å². The average molecular weight is 403 g/mol. The molecule has 0 saturated carbocycles. The number of aromatic nitrogens is 1. The van der Waals surface area contributed by atoms with Gasteiger partial charge in [-0.3, -0.25) is 9.78 Å². The fraction of sp³-hybridized carbons (Fsp3) is 0.208. The van der Waals surface area contributed by atoms with Gasteiger partial charge in [-0.05, 0) is 74.4 Å². The smallest absolute Gasteiger partial charge is 0.267 e. The van der Waals surface area contributed by atoms with Crippen LogP contribution < -0.4 is 10.1 Å². The molecule has 0 fully saturated rings. The fourth-order valence-electron chi connectivity index (χ4n) is 2.67. The molecule has 1 heterocycles. The number of hydrogen-bond donors (Lipinski definition) is 1. The number of oxime groups is 1. The van der Waals surface area contributed by atoms with Crippen molar-refractivity contribution in [3.8, 4) is 5.75 Å². The lowest BCUT2D eigenvalue weighted by molar-refractivity contribution is -0.126. The molecule has 1 aromatic heterocycles.